The number of rotatable bonds is 2. The molecule has 0 saturated carbocycles. The van der Waals surface area contributed by atoms with Gasteiger partial charge in [-0.1, -0.05) is 17.7 Å². The molecule has 0 aliphatic heterocycles. The Morgan fingerprint density at radius 3 is 2.53 bits per heavy atom. The molecule has 1 heterocycles. The molecule has 1 N–H and O–H groups in total. The van der Waals surface area contributed by atoms with Crippen molar-refractivity contribution in [1.29, 1.82) is 0 Å². The van der Waals surface area contributed by atoms with Crippen molar-refractivity contribution in [2.75, 3.05) is 0 Å². The van der Waals surface area contributed by atoms with Crippen molar-refractivity contribution in [2.24, 2.45) is 0 Å². The molecule has 0 aliphatic carbocycles. The molecule has 0 bridgehead atoms. The van der Waals surface area contributed by atoms with Crippen LogP contribution in [-0.4, -0.2) is 11.0 Å². The summed E-state index contributed by atoms with van der Waals surface area (Å²) in [6, 6.07) is 9.58. The average molecular weight is 229 g/mol. The summed E-state index contributed by atoms with van der Waals surface area (Å²) in [4.78, 5) is 25.4. The normalized spacial score (nSPS) is 9.94. The lowest BCUT2D eigenvalue weighted by atomic mass is 10.1. The van der Waals surface area contributed by atoms with Gasteiger partial charge in [0.1, 0.15) is 0 Å². The standard InChI is InChI=1S/C13H11NO3/c1-9-2-4-10(5-3-9)13(16)17-12-8-11(15)6-7-14-12/h2-8H,1H3,(H,14,15). The second-order valence-electron chi connectivity index (χ2n) is 3.64. The molecule has 0 amide bonds. The Hall–Kier alpha value is -2.36. The van der Waals surface area contributed by atoms with E-state index in [1.54, 1.807) is 12.1 Å². The zero-order valence-electron chi connectivity index (χ0n) is 9.27. The van der Waals surface area contributed by atoms with Gasteiger partial charge in [-0.3, -0.25) is 4.79 Å². The number of hydrogen-bond donors (Lipinski definition) is 1. The molecule has 0 fully saturated rings. The zero-order chi connectivity index (χ0) is 12.3. The Bertz CT molecular complexity index is 584. The fourth-order valence-corrected chi connectivity index (χ4v) is 1.33. The second kappa shape index (κ2) is 4.65. The molecule has 0 atom stereocenters. The summed E-state index contributed by atoms with van der Waals surface area (Å²) >= 11 is 0. The van der Waals surface area contributed by atoms with Gasteiger partial charge in [0.05, 0.1) is 5.56 Å². The Balaban J connectivity index is 2.17. The van der Waals surface area contributed by atoms with Crippen LogP contribution in [0, 0.1) is 6.92 Å². The van der Waals surface area contributed by atoms with E-state index in [2.05, 4.69) is 4.98 Å². The van der Waals surface area contributed by atoms with E-state index in [1.807, 2.05) is 19.1 Å². The fourth-order valence-electron chi connectivity index (χ4n) is 1.33. The highest BCUT2D eigenvalue weighted by Gasteiger charge is 2.08. The van der Waals surface area contributed by atoms with Gasteiger partial charge in [-0.15, -0.1) is 0 Å². The maximum absolute atomic E-state index is 11.7. The minimum absolute atomic E-state index is 0.142. The number of aryl methyl sites for hydroxylation is 1. The second-order valence-corrected chi connectivity index (χ2v) is 3.64. The molecule has 0 unspecified atom stereocenters. The van der Waals surface area contributed by atoms with Crippen molar-refractivity contribution >= 4 is 5.97 Å². The Morgan fingerprint density at radius 1 is 1.18 bits per heavy atom. The Kier molecular flexibility index (Phi) is 3.05. The SMILES string of the molecule is Cc1ccc(C(=O)Oc2cc(=O)cc[nH]2)cc1. The maximum atomic E-state index is 11.7. The number of carbonyl (C=O) groups is 1. The van der Waals surface area contributed by atoms with Crippen molar-refractivity contribution in [3.8, 4) is 5.88 Å². The van der Waals surface area contributed by atoms with E-state index in [0.29, 0.717) is 5.56 Å². The molecular formula is C13H11NO3. The number of carbonyl (C=O) groups excluding carboxylic acids is 1. The van der Waals surface area contributed by atoms with E-state index in [1.165, 1.54) is 18.3 Å². The van der Waals surface area contributed by atoms with Gasteiger partial charge in [-0.25, -0.2) is 4.79 Å². The highest BCUT2D eigenvalue weighted by Crippen LogP contribution is 2.08. The number of esters is 1. The third-order valence-corrected chi connectivity index (χ3v) is 2.24. The molecule has 0 radical (unpaired) electrons. The van der Waals surface area contributed by atoms with Crippen LogP contribution >= 0.6 is 0 Å². The fraction of sp³-hybridized carbons (Fsp3) is 0.0769. The molecule has 4 heteroatoms. The van der Waals surface area contributed by atoms with Crippen LogP contribution in [0.1, 0.15) is 15.9 Å². The molecule has 86 valence electrons. The first-order valence-corrected chi connectivity index (χ1v) is 5.13. The van der Waals surface area contributed by atoms with Crippen LogP contribution in [0.4, 0.5) is 0 Å². The molecular weight excluding hydrogens is 218 g/mol. The molecule has 1 aromatic heterocycles. The van der Waals surface area contributed by atoms with Crippen LogP contribution in [0.15, 0.2) is 47.4 Å². The molecule has 17 heavy (non-hydrogen) atoms. The van der Waals surface area contributed by atoms with Gasteiger partial charge < -0.3 is 9.72 Å². The minimum atomic E-state index is -0.494. The van der Waals surface area contributed by atoms with Gasteiger partial charge in [0.2, 0.25) is 5.88 Å². The number of nitrogens with one attached hydrogen (secondary N) is 1. The quantitative estimate of drug-likeness (QED) is 0.800. The number of hydrogen-bond acceptors (Lipinski definition) is 3. The maximum Gasteiger partial charge on any atom is 0.344 e. The highest BCUT2D eigenvalue weighted by atomic mass is 16.5. The van der Waals surface area contributed by atoms with Crippen LogP contribution in [0.2, 0.25) is 0 Å². The average Bonchev–Trinajstić information content (AvgIpc) is 2.29. The lowest BCUT2D eigenvalue weighted by Gasteiger charge is -2.03. The number of aromatic amines is 1. The monoisotopic (exact) mass is 229 g/mol. The topological polar surface area (TPSA) is 59.2 Å². The summed E-state index contributed by atoms with van der Waals surface area (Å²) in [6.07, 6.45) is 1.43. The van der Waals surface area contributed by atoms with Gasteiger partial charge >= 0.3 is 5.97 Å². The number of pyridine rings is 1. The lowest BCUT2D eigenvalue weighted by molar-refractivity contribution is 0.0727. The van der Waals surface area contributed by atoms with Gasteiger partial charge in [-0.05, 0) is 19.1 Å². The van der Waals surface area contributed by atoms with Crippen molar-refractivity contribution < 1.29 is 9.53 Å². The van der Waals surface area contributed by atoms with Gasteiger partial charge in [0.15, 0.2) is 5.43 Å². The minimum Gasteiger partial charge on any atom is -0.406 e. The first-order chi connectivity index (χ1) is 8.15. The van der Waals surface area contributed by atoms with Gasteiger partial charge in [-0.2, -0.15) is 0 Å². The largest absolute Gasteiger partial charge is 0.406 e. The summed E-state index contributed by atoms with van der Waals surface area (Å²) in [5, 5.41) is 0. The number of ether oxygens (including phenoxy) is 1. The summed E-state index contributed by atoms with van der Waals surface area (Å²) < 4.78 is 5.03. The van der Waals surface area contributed by atoms with E-state index >= 15 is 0 Å². The van der Waals surface area contributed by atoms with Crippen molar-refractivity contribution in [1.82, 2.24) is 4.98 Å². The van der Waals surface area contributed by atoms with E-state index in [9.17, 15) is 9.59 Å². The van der Waals surface area contributed by atoms with E-state index in [-0.39, 0.29) is 11.3 Å². The highest BCUT2D eigenvalue weighted by molar-refractivity contribution is 5.90. The van der Waals surface area contributed by atoms with Gasteiger partial charge in [0.25, 0.3) is 0 Å². The van der Waals surface area contributed by atoms with E-state index in [0.717, 1.165) is 5.56 Å². The summed E-state index contributed by atoms with van der Waals surface area (Å²) in [7, 11) is 0. The first-order valence-electron chi connectivity index (χ1n) is 5.13. The van der Waals surface area contributed by atoms with Crippen molar-refractivity contribution in [2.45, 2.75) is 6.92 Å². The van der Waals surface area contributed by atoms with Crippen LogP contribution in [0.25, 0.3) is 0 Å². The lowest BCUT2D eigenvalue weighted by Crippen LogP contribution is -2.11. The smallest absolute Gasteiger partial charge is 0.344 e. The predicted molar refractivity (Wildman–Crippen MR) is 63.2 cm³/mol. The predicted octanol–water partition coefficient (Wildman–Crippen LogP) is 1.90. The number of H-pyrrole nitrogens is 1. The molecule has 2 aromatic rings. The van der Waals surface area contributed by atoms with Crippen LogP contribution in [0.3, 0.4) is 0 Å². The van der Waals surface area contributed by atoms with Crippen molar-refractivity contribution in [3.05, 3.63) is 63.9 Å². The van der Waals surface area contributed by atoms with Crippen LogP contribution in [0.5, 0.6) is 5.88 Å². The molecule has 2 rings (SSSR count). The first kappa shape index (κ1) is 11.1. The van der Waals surface area contributed by atoms with Gasteiger partial charge in [0, 0.05) is 18.3 Å². The molecule has 0 spiro atoms. The molecule has 1 aromatic carbocycles. The molecule has 0 aliphatic rings. The van der Waals surface area contributed by atoms with Crippen LogP contribution in [-0.2, 0) is 0 Å². The third kappa shape index (κ3) is 2.81. The number of benzene rings is 1. The Morgan fingerprint density at radius 2 is 1.88 bits per heavy atom. The van der Waals surface area contributed by atoms with Crippen molar-refractivity contribution in [3.63, 3.8) is 0 Å². The molecule has 4 nitrogen and oxygen atoms in total. The summed E-state index contributed by atoms with van der Waals surface area (Å²) in [5.41, 5.74) is 1.30. The molecule has 0 saturated heterocycles. The summed E-state index contributed by atoms with van der Waals surface area (Å²) in [5.74, 6) is -0.352. The van der Waals surface area contributed by atoms with Crippen LogP contribution < -0.4 is 10.2 Å². The van der Waals surface area contributed by atoms with E-state index in [4.69, 9.17) is 4.74 Å². The Labute approximate surface area is 97.9 Å². The zero-order valence-corrected chi connectivity index (χ0v) is 9.27. The third-order valence-electron chi connectivity index (χ3n) is 2.24. The number of aromatic nitrogens is 1. The van der Waals surface area contributed by atoms with E-state index < -0.39 is 5.97 Å². The summed E-state index contributed by atoms with van der Waals surface area (Å²) in [6.45, 7) is 1.93.